The molecule has 4 atom stereocenters. The molecule has 110 valence electrons. The van der Waals surface area contributed by atoms with E-state index in [0.29, 0.717) is 11.9 Å². The molecule has 2 aromatic rings. The predicted molar refractivity (Wildman–Crippen MR) is 81.0 cm³/mol. The van der Waals surface area contributed by atoms with Crippen molar-refractivity contribution < 1.29 is 4.39 Å². The minimum atomic E-state index is -0.171. The van der Waals surface area contributed by atoms with Crippen LogP contribution in [0.1, 0.15) is 31.1 Å². The third-order valence-corrected chi connectivity index (χ3v) is 6.22. The first-order valence-electron chi connectivity index (χ1n) is 8.00. The summed E-state index contributed by atoms with van der Waals surface area (Å²) in [6, 6.07) is 5.50. The van der Waals surface area contributed by atoms with Crippen molar-refractivity contribution in [3.63, 3.8) is 0 Å². The van der Waals surface area contributed by atoms with Crippen LogP contribution in [0.4, 0.5) is 4.39 Å². The van der Waals surface area contributed by atoms with Crippen molar-refractivity contribution in [2.75, 3.05) is 5.88 Å². The first kappa shape index (κ1) is 12.5. The second-order valence-electron chi connectivity index (χ2n) is 6.95. The Morgan fingerprint density at radius 3 is 2.71 bits per heavy atom. The average Bonchev–Trinajstić information content (AvgIpc) is 2.83. The zero-order valence-corrected chi connectivity index (χ0v) is 12.6. The fourth-order valence-corrected chi connectivity index (χ4v) is 5.50. The maximum absolute atomic E-state index is 13.7. The van der Waals surface area contributed by atoms with E-state index in [2.05, 4.69) is 4.57 Å². The minimum absolute atomic E-state index is 0.171. The van der Waals surface area contributed by atoms with Gasteiger partial charge in [0.1, 0.15) is 11.6 Å². The van der Waals surface area contributed by atoms with Crippen LogP contribution < -0.4 is 0 Å². The molecule has 4 unspecified atom stereocenters. The van der Waals surface area contributed by atoms with Crippen molar-refractivity contribution in [2.24, 2.45) is 23.7 Å². The fourth-order valence-electron chi connectivity index (χ4n) is 5.33. The molecule has 0 N–H and O–H groups in total. The van der Waals surface area contributed by atoms with Crippen molar-refractivity contribution >= 4 is 22.6 Å². The maximum atomic E-state index is 13.7. The minimum Gasteiger partial charge on any atom is -0.324 e. The van der Waals surface area contributed by atoms with E-state index in [1.165, 1.54) is 25.3 Å². The lowest BCUT2D eigenvalue weighted by atomic mass is 10.0. The number of aromatic nitrogens is 2. The van der Waals surface area contributed by atoms with Gasteiger partial charge in [-0.05, 0) is 61.1 Å². The van der Waals surface area contributed by atoms with Gasteiger partial charge in [0, 0.05) is 18.3 Å². The number of hydrogen-bond acceptors (Lipinski definition) is 1. The van der Waals surface area contributed by atoms with Crippen molar-refractivity contribution in [3.05, 3.63) is 29.8 Å². The Kier molecular flexibility index (Phi) is 2.50. The molecule has 1 aromatic carbocycles. The van der Waals surface area contributed by atoms with E-state index in [1.807, 2.05) is 0 Å². The molecule has 4 heteroatoms. The topological polar surface area (TPSA) is 17.8 Å². The van der Waals surface area contributed by atoms with Gasteiger partial charge in [0.25, 0.3) is 0 Å². The van der Waals surface area contributed by atoms with E-state index in [9.17, 15) is 4.39 Å². The third-order valence-electron chi connectivity index (χ3n) is 6.04. The van der Waals surface area contributed by atoms with E-state index in [1.54, 1.807) is 12.1 Å². The summed E-state index contributed by atoms with van der Waals surface area (Å²) in [4.78, 5) is 4.71. The highest BCUT2D eigenvalue weighted by atomic mass is 35.5. The molecule has 1 heterocycles. The summed E-state index contributed by atoms with van der Waals surface area (Å²) < 4.78 is 16.0. The highest BCUT2D eigenvalue weighted by molar-refractivity contribution is 6.17. The van der Waals surface area contributed by atoms with E-state index in [-0.39, 0.29) is 5.82 Å². The molecular weight excluding hydrogens is 287 g/mol. The van der Waals surface area contributed by atoms with Crippen LogP contribution in [0.2, 0.25) is 0 Å². The van der Waals surface area contributed by atoms with Crippen LogP contribution in [-0.4, -0.2) is 15.4 Å². The molecule has 21 heavy (non-hydrogen) atoms. The number of alkyl halides is 1. The Balaban J connectivity index is 1.64. The molecule has 1 aromatic heterocycles. The van der Waals surface area contributed by atoms with Gasteiger partial charge in [-0.3, -0.25) is 0 Å². The van der Waals surface area contributed by atoms with Gasteiger partial charge < -0.3 is 4.57 Å². The van der Waals surface area contributed by atoms with E-state index in [4.69, 9.17) is 16.6 Å². The smallest absolute Gasteiger partial charge is 0.125 e. The Morgan fingerprint density at radius 2 is 2.00 bits per heavy atom. The summed E-state index contributed by atoms with van der Waals surface area (Å²) in [5.74, 6) is 4.89. The van der Waals surface area contributed by atoms with Gasteiger partial charge in [-0.25, -0.2) is 9.37 Å². The lowest BCUT2D eigenvalue weighted by Gasteiger charge is -2.14. The molecule has 3 fully saturated rings. The van der Waals surface area contributed by atoms with Gasteiger partial charge in [-0.2, -0.15) is 0 Å². The van der Waals surface area contributed by atoms with Crippen molar-refractivity contribution in [1.29, 1.82) is 0 Å². The number of fused-ring (bicyclic) bond motifs is 6. The van der Waals surface area contributed by atoms with E-state index >= 15 is 0 Å². The Morgan fingerprint density at radius 1 is 1.24 bits per heavy atom. The number of hydrogen-bond donors (Lipinski definition) is 0. The highest BCUT2D eigenvalue weighted by Crippen LogP contribution is 2.72. The average molecular weight is 305 g/mol. The first-order valence-corrected chi connectivity index (χ1v) is 8.53. The SMILES string of the molecule is Fc1ccc2nc(CCCl)n(C3C4C5CCC(C5)C43)c2c1. The van der Waals surface area contributed by atoms with Crippen LogP contribution in [0.15, 0.2) is 18.2 Å². The summed E-state index contributed by atoms with van der Waals surface area (Å²) >= 11 is 5.95. The van der Waals surface area contributed by atoms with Gasteiger partial charge in [-0.1, -0.05) is 0 Å². The van der Waals surface area contributed by atoms with Gasteiger partial charge in [0.2, 0.25) is 0 Å². The highest BCUT2D eigenvalue weighted by Gasteiger charge is 2.66. The number of benzene rings is 1. The van der Waals surface area contributed by atoms with Crippen molar-refractivity contribution in [3.8, 4) is 0 Å². The van der Waals surface area contributed by atoms with Crippen LogP contribution >= 0.6 is 11.6 Å². The fraction of sp³-hybridized carbons (Fsp3) is 0.588. The first-order chi connectivity index (χ1) is 10.3. The Bertz CT molecular complexity index is 709. The molecule has 0 amide bonds. The molecule has 3 saturated carbocycles. The maximum Gasteiger partial charge on any atom is 0.125 e. The molecule has 3 aliphatic rings. The summed E-state index contributed by atoms with van der Waals surface area (Å²) in [6.45, 7) is 0. The van der Waals surface area contributed by atoms with Crippen molar-refractivity contribution in [1.82, 2.24) is 9.55 Å². The summed E-state index contributed by atoms with van der Waals surface area (Å²) in [5.41, 5.74) is 1.88. The number of aryl methyl sites for hydroxylation is 1. The van der Waals surface area contributed by atoms with Crippen LogP contribution in [0.3, 0.4) is 0 Å². The lowest BCUT2D eigenvalue weighted by molar-refractivity contribution is 0.452. The zero-order chi connectivity index (χ0) is 14.1. The molecule has 0 aliphatic heterocycles. The van der Waals surface area contributed by atoms with E-state index < -0.39 is 0 Å². The number of rotatable bonds is 3. The second-order valence-corrected chi connectivity index (χ2v) is 7.33. The summed E-state index contributed by atoms with van der Waals surface area (Å²) in [7, 11) is 0. The summed E-state index contributed by atoms with van der Waals surface area (Å²) in [6.07, 6.45) is 4.99. The lowest BCUT2D eigenvalue weighted by Crippen LogP contribution is -2.09. The molecule has 2 bridgehead atoms. The Labute approximate surface area is 128 Å². The normalized spacial score (nSPS) is 36.4. The van der Waals surface area contributed by atoms with Gasteiger partial charge in [0.15, 0.2) is 0 Å². The number of imidazole rings is 1. The summed E-state index contributed by atoms with van der Waals surface area (Å²) in [5, 5.41) is 0. The largest absolute Gasteiger partial charge is 0.324 e. The molecule has 5 rings (SSSR count). The standard InChI is InChI=1S/C17H18ClFN2/c18-6-5-14-20-12-4-3-11(19)8-13(12)21(14)17-15-9-1-2-10(7-9)16(15)17/h3-4,8-10,15-17H,1-2,5-7H2. The van der Waals surface area contributed by atoms with Crippen LogP contribution in [-0.2, 0) is 6.42 Å². The predicted octanol–water partition coefficient (Wildman–Crippen LogP) is 4.17. The van der Waals surface area contributed by atoms with Crippen LogP contribution in [0, 0.1) is 29.5 Å². The number of nitrogens with zero attached hydrogens (tertiary/aromatic N) is 2. The molecule has 0 spiro atoms. The number of halogens is 2. The van der Waals surface area contributed by atoms with Crippen LogP contribution in [0.5, 0.6) is 0 Å². The van der Waals surface area contributed by atoms with Crippen LogP contribution in [0.25, 0.3) is 11.0 Å². The quantitative estimate of drug-likeness (QED) is 0.778. The molecule has 3 aliphatic carbocycles. The molecule has 0 radical (unpaired) electrons. The van der Waals surface area contributed by atoms with Gasteiger partial charge in [0.05, 0.1) is 11.0 Å². The zero-order valence-electron chi connectivity index (χ0n) is 11.8. The van der Waals surface area contributed by atoms with Gasteiger partial charge >= 0.3 is 0 Å². The third kappa shape index (κ3) is 1.61. The molecular formula is C17H18ClFN2. The van der Waals surface area contributed by atoms with E-state index in [0.717, 1.165) is 47.0 Å². The Hall–Kier alpha value is -1.09. The second kappa shape index (κ2) is 4.22. The monoisotopic (exact) mass is 304 g/mol. The van der Waals surface area contributed by atoms with Gasteiger partial charge in [-0.15, -0.1) is 11.6 Å². The molecule has 2 nitrogen and oxygen atoms in total. The van der Waals surface area contributed by atoms with Crippen molar-refractivity contribution in [2.45, 2.75) is 31.7 Å². The molecule has 0 saturated heterocycles.